The molecule has 1 aliphatic rings. The van der Waals surface area contributed by atoms with Crippen LogP contribution in [0.25, 0.3) is 0 Å². The van der Waals surface area contributed by atoms with E-state index in [1.165, 1.54) is 13.2 Å². The average Bonchev–Trinajstić information content (AvgIpc) is 3.07. The minimum Gasteiger partial charge on any atom is -0.497 e. The summed E-state index contributed by atoms with van der Waals surface area (Å²) in [5.41, 5.74) is 6.47. The van der Waals surface area contributed by atoms with Crippen LogP contribution in [-0.2, 0) is 0 Å². The van der Waals surface area contributed by atoms with Gasteiger partial charge in [0.05, 0.1) is 18.1 Å². The summed E-state index contributed by atoms with van der Waals surface area (Å²) >= 11 is 0. The summed E-state index contributed by atoms with van der Waals surface area (Å²) < 4.78 is 4.98. The SMILES string of the molecule is COc1ccc([C@@H]2C[C@H]2CN)c([N+](=O)[O-])c1. The zero-order valence-corrected chi connectivity index (χ0v) is 9.05. The fourth-order valence-corrected chi connectivity index (χ4v) is 2.01. The average molecular weight is 222 g/mol. The van der Waals surface area contributed by atoms with E-state index in [9.17, 15) is 10.1 Å². The maximum atomic E-state index is 10.9. The molecular formula is C11H14N2O3. The normalized spacial score (nSPS) is 22.9. The Kier molecular flexibility index (Phi) is 2.78. The summed E-state index contributed by atoms with van der Waals surface area (Å²) in [6.07, 6.45) is 0.948. The van der Waals surface area contributed by atoms with Gasteiger partial charge in [-0.05, 0) is 36.9 Å². The second-order valence-corrected chi connectivity index (χ2v) is 4.02. The quantitative estimate of drug-likeness (QED) is 0.620. The van der Waals surface area contributed by atoms with Crippen molar-refractivity contribution < 1.29 is 9.66 Å². The first-order chi connectivity index (χ1) is 7.67. The molecule has 16 heavy (non-hydrogen) atoms. The van der Waals surface area contributed by atoms with Crippen LogP contribution in [0.3, 0.4) is 0 Å². The Morgan fingerprint density at radius 3 is 2.88 bits per heavy atom. The fraction of sp³-hybridized carbons (Fsp3) is 0.455. The molecule has 0 unspecified atom stereocenters. The van der Waals surface area contributed by atoms with E-state index in [-0.39, 0.29) is 16.5 Å². The maximum absolute atomic E-state index is 10.9. The summed E-state index contributed by atoms with van der Waals surface area (Å²) in [7, 11) is 1.50. The molecule has 1 saturated carbocycles. The van der Waals surface area contributed by atoms with Gasteiger partial charge in [0.15, 0.2) is 0 Å². The van der Waals surface area contributed by atoms with Gasteiger partial charge < -0.3 is 10.5 Å². The van der Waals surface area contributed by atoms with Crippen LogP contribution in [0.2, 0.25) is 0 Å². The maximum Gasteiger partial charge on any atom is 0.276 e. The molecule has 0 heterocycles. The third-order valence-electron chi connectivity index (χ3n) is 3.06. The summed E-state index contributed by atoms with van der Waals surface area (Å²) in [4.78, 5) is 10.6. The highest BCUT2D eigenvalue weighted by molar-refractivity contribution is 5.49. The van der Waals surface area contributed by atoms with Crippen molar-refractivity contribution in [2.24, 2.45) is 11.7 Å². The predicted octanol–water partition coefficient (Wildman–Crippen LogP) is 1.67. The van der Waals surface area contributed by atoms with E-state index in [4.69, 9.17) is 10.5 Å². The van der Waals surface area contributed by atoms with Gasteiger partial charge in [0.1, 0.15) is 5.75 Å². The van der Waals surface area contributed by atoms with Crippen LogP contribution in [0.5, 0.6) is 5.75 Å². The van der Waals surface area contributed by atoms with Gasteiger partial charge >= 0.3 is 0 Å². The van der Waals surface area contributed by atoms with Gasteiger partial charge in [-0.15, -0.1) is 0 Å². The number of rotatable bonds is 4. The monoisotopic (exact) mass is 222 g/mol. The Bertz CT molecular complexity index is 420. The highest BCUT2D eigenvalue weighted by atomic mass is 16.6. The Balaban J connectivity index is 2.34. The van der Waals surface area contributed by atoms with Crippen molar-refractivity contribution in [1.29, 1.82) is 0 Å². The van der Waals surface area contributed by atoms with Gasteiger partial charge in [0, 0.05) is 5.56 Å². The second-order valence-electron chi connectivity index (χ2n) is 4.02. The number of ether oxygens (including phenoxy) is 1. The van der Waals surface area contributed by atoms with E-state index in [0.29, 0.717) is 18.2 Å². The number of hydrogen-bond donors (Lipinski definition) is 1. The first-order valence-corrected chi connectivity index (χ1v) is 5.19. The van der Waals surface area contributed by atoms with Crippen molar-refractivity contribution >= 4 is 5.69 Å². The van der Waals surface area contributed by atoms with Crippen LogP contribution < -0.4 is 10.5 Å². The third-order valence-corrected chi connectivity index (χ3v) is 3.06. The largest absolute Gasteiger partial charge is 0.497 e. The van der Waals surface area contributed by atoms with E-state index >= 15 is 0 Å². The van der Waals surface area contributed by atoms with Gasteiger partial charge in [-0.1, -0.05) is 0 Å². The number of benzene rings is 1. The molecule has 2 N–H and O–H groups in total. The first-order valence-electron chi connectivity index (χ1n) is 5.19. The molecule has 1 aromatic rings. The molecule has 0 amide bonds. The minimum absolute atomic E-state index is 0.139. The molecule has 0 spiro atoms. The first kappa shape index (κ1) is 10.9. The van der Waals surface area contributed by atoms with Gasteiger partial charge in [-0.2, -0.15) is 0 Å². The van der Waals surface area contributed by atoms with Crippen LogP contribution in [0, 0.1) is 16.0 Å². The summed E-state index contributed by atoms with van der Waals surface area (Å²) in [6, 6.07) is 5.01. The van der Waals surface area contributed by atoms with E-state index in [1.807, 2.05) is 0 Å². The highest BCUT2D eigenvalue weighted by Crippen LogP contribution is 2.50. The van der Waals surface area contributed by atoms with Gasteiger partial charge in [0.25, 0.3) is 5.69 Å². The zero-order valence-electron chi connectivity index (χ0n) is 9.05. The summed E-state index contributed by atoms with van der Waals surface area (Å²) in [6.45, 7) is 0.591. The zero-order chi connectivity index (χ0) is 11.7. The predicted molar refractivity (Wildman–Crippen MR) is 59.6 cm³/mol. The molecule has 1 aromatic carbocycles. The van der Waals surface area contributed by atoms with Crippen molar-refractivity contribution in [3.05, 3.63) is 33.9 Å². The van der Waals surface area contributed by atoms with Gasteiger partial charge in [-0.3, -0.25) is 10.1 Å². The fourth-order valence-electron chi connectivity index (χ4n) is 2.01. The summed E-state index contributed by atoms with van der Waals surface area (Å²) in [5.74, 6) is 1.16. The highest BCUT2D eigenvalue weighted by Gasteiger charge is 2.40. The van der Waals surface area contributed by atoms with E-state index in [0.717, 1.165) is 12.0 Å². The number of hydrogen-bond acceptors (Lipinski definition) is 4. The van der Waals surface area contributed by atoms with E-state index < -0.39 is 0 Å². The second kappa shape index (κ2) is 4.09. The van der Waals surface area contributed by atoms with Gasteiger partial charge in [0.2, 0.25) is 0 Å². The number of nitrogens with zero attached hydrogens (tertiary/aromatic N) is 1. The lowest BCUT2D eigenvalue weighted by Crippen LogP contribution is -2.03. The van der Waals surface area contributed by atoms with Crippen molar-refractivity contribution in [2.75, 3.05) is 13.7 Å². The molecule has 1 aliphatic carbocycles. The van der Waals surface area contributed by atoms with Crippen LogP contribution in [0.1, 0.15) is 17.9 Å². The number of nitro groups is 1. The standard InChI is InChI=1S/C11H14N2O3/c1-16-8-2-3-9(10-4-7(10)6-12)11(5-8)13(14)15/h2-3,5,7,10H,4,6,12H2,1H3/t7-,10+/m0/s1. The third kappa shape index (κ3) is 1.86. The molecule has 2 atom stereocenters. The van der Waals surface area contributed by atoms with Crippen LogP contribution in [0.4, 0.5) is 5.69 Å². The molecule has 5 nitrogen and oxygen atoms in total. The number of nitrogens with two attached hydrogens (primary N) is 1. The Labute approximate surface area is 93.4 Å². The molecule has 0 aromatic heterocycles. The van der Waals surface area contributed by atoms with E-state index in [1.54, 1.807) is 12.1 Å². The molecule has 5 heteroatoms. The van der Waals surface area contributed by atoms with Crippen LogP contribution >= 0.6 is 0 Å². The summed E-state index contributed by atoms with van der Waals surface area (Å²) in [5, 5.41) is 10.9. The Morgan fingerprint density at radius 1 is 1.62 bits per heavy atom. The van der Waals surface area contributed by atoms with Crippen molar-refractivity contribution in [1.82, 2.24) is 0 Å². The molecule has 0 radical (unpaired) electrons. The smallest absolute Gasteiger partial charge is 0.276 e. The van der Waals surface area contributed by atoms with E-state index in [2.05, 4.69) is 0 Å². The lowest BCUT2D eigenvalue weighted by molar-refractivity contribution is -0.385. The topological polar surface area (TPSA) is 78.4 Å². The molecule has 1 fully saturated rings. The van der Waals surface area contributed by atoms with Crippen LogP contribution in [0.15, 0.2) is 18.2 Å². The molecule has 0 bridgehead atoms. The Morgan fingerprint density at radius 2 is 2.38 bits per heavy atom. The Hall–Kier alpha value is -1.62. The molecule has 0 saturated heterocycles. The lowest BCUT2D eigenvalue weighted by Gasteiger charge is -2.04. The molecular weight excluding hydrogens is 208 g/mol. The molecule has 86 valence electrons. The van der Waals surface area contributed by atoms with Crippen LogP contribution in [-0.4, -0.2) is 18.6 Å². The van der Waals surface area contributed by atoms with Crippen molar-refractivity contribution in [2.45, 2.75) is 12.3 Å². The lowest BCUT2D eigenvalue weighted by atomic mass is 10.1. The minimum atomic E-state index is -0.357. The van der Waals surface area contributed by atoms with Gasteiger partial charge in [-0.25, -0.2) is 0 Å². The molecule has 0 aliphatic heterocycles. The van der Waals surface area contributed by atoms with Crippen molar-refractivity contribution in [3.8, 4) is 5.75 Å². The number of nitro benzene ring substituents is 1. The molecule has 2 rings (SSSR count). The van der Waals surface area contributed by atoms with Crippen molar-refractivity contribution in [3.63, 3.8) is 0 Å². The number of methoxy groups -OCH3 is 1.